The summed E-state index contributed by atoms with van der Waals surface area (Å²) in [5.41, 5.74) is 9.10. The van der Waals surface area contributed by atoms with Crippen molar-refractivity contribution in [2.75, 3.05) is 0 Å². The van der Waals surface area contributed by atoms with E-state index in [2.05, 4.69) is 129 Å². The molecule has 1 aliphatic rings. The minimum absolute atomic E-state index is 0.0335. The molecule has 5 aromatic rings. The van der Waals surface area contributed by atoms with Gasteiger partial charge in [-0.15, -0.1) is 0 Å². The van der Waals surface area contributed by atoms with E-state index < -0.39 is 0 Å². The van der Waals surface area contributed by atoms with Crippen LogP contribution in [0.2, 0.25) is 0 Å². The topological polar surface area (TPSA) is 38.5 Å². The van der Waals surface area contributed by atoms with Crippen LogP contribution in [0.3, 0.4) is 0 Å². The molecule has 196 valence electrons. The molecular formula is C34H37N5+2. The molecule has 0 radical (unpaired) electrons. The van der Waals surface area contributed by atoms with Crippen LogP contribution < -0.4 is 9.13 Å². The van der Waals surface area contributed by atoms with Gasteiger partial charge in [0, 0.05) is 30.2 Å². The minimum atomic E-state index is -0.212. The van der Waals surface area contributed by atoms with Gasteiger partial charge in [-0.2, -0.15) is 14.2 Å². The number of para-hydroxylation sites is 1. The van der Waals surface area contributed by atoms with Crippen molar-refractivity contribution in [3.63, 3.8) is 0 Å². The lowest BCUT2D eigenvalue weighted by atomic mass is 9.71. The Morgan fingerprint density at radius 2 is 1.62 bits per heavy atom. The van der Waals surface area contributed by atoms with E-state index in [0.717, 1.165) is 40.8 Å². The van der Waals surface area contributed by atoms with Crippen molar-refractivity contribution in [2.24, 2.45) is 7.05 Å². The highest BCUT2D eigenvalue weighted by atomic mass is 15.3. The van der Waals surface area contributed by atoms with Crippen molar-refractivity contribution in [2.45, 2.75) is 58.3 Å². The van der Waals surface area contributed by atoms with Gasteiger partial charge in [-0.1, -0.05) is 71.0 Å². The van der Waals surface area contributed by atoms with Crippen LogP contribution in [0.4, 0.5) is 0 Å². The molecule has 0 aliphatic carbocycles. The summed E-state index contributed by atoms with van der Waals surface area (Å²) in [6.45, 7) is 11.3. The van der Waals surface area contributed by atoms with Crippen molar-refractivity contribution < 1.29 is 9.13 Å². The zero-order valence-corrected chi connectivity index (χ0v) is 23.8. The van der Waals surface area contributed by atoms with Crippen LogP contribution in [0.1, 0.15) is 58.7 Å². The van der Waals surface area contributed by atoms with E-state index in [4.69, 9.17) is 10.1 Å². The summed E-state index contributed by atoms with van der Waals surface area (Å²) in [5.74, 6) is 0. The molecule has 0 saturated heterocycles. The zero-order valence-electron chi connectivity index (χ0n) is 23.8. The van der Waals surface area contributed by atoms with Gasteiger partial charge in [0.25, 0.3) is 6.33 Å². The van der Waals surface area contributed by atoms with E-state index in [1.165, 1.54) is 22.5 Å². The van der Waals surface area contributed by atoms with Gasteiger partial charge in [-0.25, -0.2) is 0 Å². The smallest absolute Gasteiger partial charge is 0.262 e. The molecular weight excluding hydrogens is 478 g/mol. The number of hydrogen-bond donors (Lipinski definition) is 0. The van der Waals surface area contributed by atoms with Gasteiger partial charge in [0.1, 0.15) is 5.69 Å². The molecule has 0 N–H and O–H groups in total. The van der Waals surface area contributed by atoms with Gasteiger partial charge in [-0.05, 0) is 47.7 Å². The standard InChI is InChI=1S/C34H37N5/c1-7-34(8-2)26-17-11-9-15-24(26)32-25-16-10-12-18-27(25)35-23-38(32)22-31(34)39-20-14-13-19-28(39)29-21-30(33(3,4)5)36-37(29)6/h9-23H,7-8H2,1-6H3/q+2. The maximum Gasteiger partial charge on any atom is 0.292 e. The van der Waals surface area contributed by atoms with E-state index in [9.17, 15) is 0 Å². The Morgan fingerprint density at radius 1 is 0.897 bits per heavy atom. The number of hydrogen-bond acceptors (Lipinski definition) is 2. The highest BCUT2D eigenvalue weighted by Gasteiger charge is 2.46. The van der Waals surface area contributed by atoms with E-state index in [1.54, 1.807) is 0 Å². The molecule has 5 nitrogen and oxygen atoms in total. The van der Waals surface area contributed by atoms with Crippen molar-refractivity contribution in [3.8, 4) is 22.6 Å². The molecule has 39 heavy (non-hydrogen) atoms. The van der Waals surface area contributed by atoms with Crippen molar-refractivity contribution >= 4 is 22.8 Å². The van der Waals surface area contributed by atoms with E-state index in [1.807, 2.05) is 18.1 Å². The number of aryl methyl sites for hydroxylation is 1. The average Bonchev–Trinajstić information content (AvgIpc) is 3.29. The van der Waals surface area contributed by atoms with Crippen LogP contribution in [0, 0.1) is 0 Å². The minimum Gasteiger partial charge on any atom is -0.262 e. The highest BCUT2D eigenvalue weighted by molar-refractivity contribution is 5.93. The van der Waals surface area contributed by atoms with E-state index >= 15 is 0 Å². The first-order chi connectivity index (χ1) is 18.8. The molecule has 0 spiro atoms. The molecule has 6 rings (SSSR count). The summed E-state index contributed by atoms with van der Waals surface area (Å²) in [4.78, 5) is 4.86. The fourth-order valence-electron chi connectivity index (χ4n) is 6.21. The first kappa shape index (κ1) is 25.2. The lowest BCUT2D eigenvalue weighted by molar-refractivity contribution is -0.595. The van der Waals surface area contributed by atoms with Crippen molar-refractivity contribution in [3.05, 3.63) is 96.6 Å². The molecule has 0 atom stereocenters. The maximum atomic E-state index is 4.91. The lowest BCUT2D eigenvalue weighted by Crippen LogP contribution is -2.46. The Morgan fingerprint density at radius 3 is 2.36 bits per heavy atom. The maximum absolute atomic E-state index is 4.91. The predicted molar refractivity (Wildman–Crippen MR) is 158 cm³/mol. The van der Waals surface area contributed by atoms with Gasteiger partial charge >= 0.3 is 0 Å². The second-order valence-corrected chi connectivity index (χ2v) is 11.6. The molecule has 3 aromatic heterocycles. The summed E-state index contributed by atoms with van der Waals surface area (Å²) in [6, 6.07) is 26.1. The lowest BCUT2D eigenvalue weighted by Gasteiger charge is -2.31. The average molecular weight is 516 g/mol. The Kier molecular flexibility index (Phi) is 5.98. The van der Waals surface area contributed by atoms with Crippen LogP contribution in [-0.4, -0.2) is 14.8 Å². The van der Waals surface area contributed by atoms with Crippen molar-refractivity contribution in [1.82, 2.24) is 14.8 Å². The van der Waals surface area contributed by atoms with Crippen LogP contribution in [0.5, 0.6) is 0 Å². The second kappa shape index (κ2) is 9.26. The van der Waals surface area contributed by atoms with Crippen LogP contribution in [0.15, 0.2) is 85.3 Å². The molecule has 5 heteroatoms. The summed E-state index contributed by atoms with van der Waals surface area (Å²) < 4.78 is 6.63. The van der Waals surface area contributed by atoms with Gasteiger partial charge in [-0.3, -0.25) is 4.68 Å². The molecule has 0 fully saturated rings. The van der Waals surface area contributed by atoms with Gasteiger partial charge in [0.05, 0.1) is 16.5 Å². The normalized spacial score (nSPS) is 14.5. The number of allylic oxidation sites excluding steroid dienone is 1. The first-order valence-electron chi connectivity index (χ1n) is 14.0. The van der Waals surface area contributed by atoms with Crippen LogP contribution in [-0.2, 0) is 17.9 Å². The quantitative estimate of drug-likeness (QED) is 0.250. The molecule has 4 heterocycles. The molecule has 0 unspecified atom stereocenters. The van der Waals surface area contributed by atoms with Crippen molar-refractivity contribution in [1.29, 1.82) is 0 Å². The summed E-state index contributed by atoms with van der Waals surface area (Å²) >= 11 is 0. The Bertz CT molecular complexity index is 1730. The largest absolute Gasteiger partial charge is 0.292 e. The summed E-state index contributed by atoms with van der Waals surface area (Å²) in [5, 5.41) is 6.07. The number of nitrogens with zero attached hydrogens (tertiary/aromatic N) is 5. The molecule has 0 bridgehead atoms. The fraction of sp³-hybridized carbons (Fsp3) is 0.294. The predicted octanol–water partition coefficient (Wildman–Crippen LogP) is 6.70. The Balaban J connectivity index is 1.71. The first-order valence-corrected chi connectivity index (χ1v) is 14.0. The number of aromatic nitrogens is 5. The van der Waals surface area contributed by atoms with Crippen LogP contribution in [0.25, 0.3) is 45.4 Å². The van der Waals surface area contributed by atoms with E-state index in [0.29, 0.717) is 0 Å². The molecule has 0 saturated carbocycles. The van der Waals surface area contributed by atoms with Gasteiger partial charge in [0.15, 0.2) is 23.6 Å². The third-order valence-electron chi connectivity index (χ3n) is 8.43. The number of rotatable bonds is 4. The number of benzene rings is 2. The highest BCUT2D eigenvalue weighted by Crippen LogP contribution is 2.46. The van der Waals surface area contributed by atoms with Crippen LogP contribution >= 0.6 is 0 Å². The monoisotopic (exact) mass is 515 g/mol. The SMILES string of the molecule is CCC1(CC)C([n+]2ccccc2-c2cc(C(C)(C)C)nn2C)=C[n+]2cnc3ccccc3c2-c2ccccc21. The Hall–Kier alpha value is -4.12. The summed E-state index contributed by atoms with van der Waals surface area (Å²) in [6.07, 6.45) is 8.42. The molecule has 2 aromatic carbocycles. The third-order valence-corrected chi connectivity index (χ3v) is 8.43. The third kappa shape index (κ3) is 3.91. The summed E-state index contributed by atoms with van der Waals surface area (Å²) in [7, 11) is 2.05. The molecule has 1 aliphatic heterocycles. The number of pyridine rings is 1. The fourth-order valence-corrected chi connectivity index (χ4v) is 6.21. The van der Waals surface area contributed by atoms with E-state index in [-0.39, 0.29) is 10.8 Å². The number of fused-ring (bicyclic) bond motifs is 5. The Labute approximate surface area is 231 Å². The van der Waals surface area contributed by atoms with Gasteiger partial charge in [0.2, 0.25) is 11.4 Å². The van der Waals surface area contributed by atoms with Gasteiger partial charge < -0.3 is 0 Å². The second-order valence-electron chi connectivity index (χ2n) is 11.6. The molecule has 0 amide bonds. The zero-order chi connectivity index (χ0) is 27.4.